The molecule has 162 valence electrons. The first kappa shape index (κ1) is 23.2. The number of carbonyl (C=O) groups is 1. The molecule has 2 N–H and O–H groups in total. The highest BCUT2D eigenvalue weighted by atomic mass is 16.5. The first-order valence-electron chi connectivity index (χ1n) is 10.9. The Morgan fingerprint density at radius 2 is 1.86 bits per heavy atom. The number of ether oxygens (including phenoxy) is 2. The molecule has 6 heteroatoms. The molecule has 1 aliphatic heterocycles. The van der Waals surface area contributed by atoms with Crippen LogP contribution in [-0.4, -0.2) is 56.9 Å². The zero-order chi connectivity index (χ0) is 20.7. The van der Waals surface area contributed by atoms with Crippen molar-refractivity contribution in [1.82, 2.24) is 10.2 Å². The number of hydrogen-bond acceptors (Lipinski definition) is 4. The van der Waals surface area contributed by atoms with Gasteiger partial charge in [-0.15, -0.1) is 6.58 Å². The van der Waals surface area contributed by atoms with Gasteiger partial charge in [-0.25, -0.2) is 4.79 Å². The SMILES string of the molecule is C=CCCNCCCCCCOC1CCN(C(=O)Nc2ccc(OC)cc2)CC1. The quantitative estimate of drug-likeness (QED) is 0.378. The summed E-state index contributed by atoms with van der Waals surface area (Å²) >= 11 is 0. The zero-order valence-corrected chi connectivity index (χ0v) is 17.8. The third kappa shape index (κ3) is 9.33. The first-order valence-corrected chi connectivity index (χ1v) is 10.9. The minimum atomic E-state index is -0.0460. The molecule has 0 radical (unpaired) electrons. The van der Waals surface area contributed by atoms with E-state index in [9.17, 15) is 4.79 Å². The fraction of sp³-hybridized carbons (Fsp3) is 0.609. The fourth-order valence-electron chi connectivity index (χ4n) is 3.39. The van der Waals surface area contributed by atoms with Crippen molar-refractivity contribution in [3.63, 3.8) is 0 Å². The molecular weight excluding hydrogens is 366 g/mol. The van der Waals surface area contributed by atoms with Gasteiger partial charge in [0.25, 0.3) is 0 Å². The van der Waals surface area contributed by atoms with Gasteiger partial charge in [0.15, 0.2) is 0 Å². The minimum absolute atomic E-state index is 0.0460. The van der Waals surface area contributed by atoms with Crippen LogP contribution in [0, 0.1) is 0 Å². The third-order valence-electron chi connectivity index (χ3n) is 5.20. The molecular formula is C23H37N3O3. The molecule has 0 spiro atoms. The Morgan fingerprint density at radius 1 is 1.14 bits per heavy atom. The second-order valence-electron chi connectivity index (χ2n) is 7.46. The lowest BCUT2D eigenvalue weighted by Gasteiger charge is -2.32. The van der Waals surface area contributed by atoms with Gasteiger partial charge in [-0.2, -0.15) is 0 Å². The molecule has 0 bridgehead atoms. The molecule has 1 aromatic rings. The van der Waals surface area contributed by atoms with Crippen LogP contribution < -0.4 is 15.4 Å². The van der Waals surface area contributed by atoms with Crippen molar-refractivity contribution in [2.24, 2.45) is 0 Å². The molecule has 29 heavy (non-hydrogen) atoms. The van der Waals surface area contributed by atoms with Crippen LogP contribution in [0.5, 0.6) is 5.75 Å². The molecule has 0 aromatic heterocycles. The summed E-state index contributed by atoms with van der Waals surface area (Å²) in [5.74, 6) is 0.779. The maximum absolute atomic E-state index is 12.4. The highest BCUT2D eigenvalue weighted by molar-refractivity contribution is 5.89. The molecule has 6 nitrogen and oxygen atoms in total. The van der Waals surface area contributed by atoms with Crippen LogP contribution in [0.1, 0.15) is 44.9 Å². The molecule has 2 amide bonds. The van der Waals surface area contributed by atoms with E-state index in [1.54, 1.807) is 7.11 Å². The Morgan fingerprint density at radius 3 is 2.55 bits per heavy atom. The summed E-state index contributed by atoms with van der Waals surface area (Å²) in [6.45, 7) is 8.15. The predicted octanol–water partition coefficient (Wildman–Crippen LogP) is 4.43. The van der Waals surface area contributed by atoms with Crippen molar-refractivity contribution in [1.29, 1.82) is 0 Å². The van der Waals surface area contributed by atoms with Crippen molar-refractivity contribution in [3.8, 4) is 5.75 Å². The summed E-state index contributed by atoms with van der Waals surface area (Å²) in [4.78, 5) is 14.3. The van der Waals surface area contributed by atoms with Crippen molar-refractivity contribution < 1.29 is 14.3 Å². The minimum Gasteiger partial charge on any atom is -0.497 e. The van der Waals surface area contributed by atoms with Gasteiger partial charge < -0.3 is 25.0 Å². The van der Waals surface area contributed by atoms with Gasteiger partial charge in [0.05, 0.1) is 13.2 Å². The molecule has 1 saturated heterocycles. The van der Waals surface area contributed by atoms with Crippen molar-refractivity contribution in [2.75, 3.05) is 45.2 Å². The number of likely N-dealkylation sites (tertiary alicyclic amines) is 1. The highest BCUT2D eigenvalue weighted by Crippen LogP contribution is 2.18. The molecule has 0 unspecified atom stereocenters. The molecule has 1 fully saturated rings. The van der Waals surface area contributed by atoms with Crippen LogP contribution in [0.3, 0.4) is 0 Å². The second kappa shape index (κ2) is 14.0. The van der Waals surface area contributed by atoms with Crippen LogP contribution in [0.25, 0.3) is 0 Å². The van der Waals surface area contributed by atoms with Gasteiger partial charge in [0, 0.05) is 25.4 Å². The van der Waals surface area contributed by atoms with Crippen LogP contribution in [0.2, 0.25) is 0 Å². The summed E-state index contributed by atoms with van der Waals surface area (Å²) in [5.41, 5.74) is 0.782. The van der Waals surface area contributed by atoms with Crippen LogP contribution in [-0.2, 0) is 4.74 Å². The largest absolute Gasteiger partial charge is 0.497 e. The van der Waals surface area contributed by atoms with E-state index in [4.69, 9.17) is 9.47 Å². The number of benzene rings is 1. The normalized spacial score (nSPS) is 14.6. The van der Waals surface area contributed by atoms with Gasteiger partial charge in [-0.05, 0) is 69.5 Å². The summed E-state index contributed by atoms with van der Waals surface area (Å²) in [6, 6.07) is 7.34. The molecule has 1 heterocycles. The van der Waals surface area contributed by atoms with E-state index in [2.05, 4.69) is 17.2 Å². The number of nitrogens with zero attached hydrogens (tertiary/aromatic N) is 1. The lowest BCUT2D eigenvalue weighted by atomic mass is 10.1. The number of methoxy groups -OCH3 is 1. The summed E-state index contributed by atoms with van der Waals surface area (Å²) < 4.78 is 11.2. The third-order valence-corrected chi connectivity index (χ3v) is 5.20. The summed E-state index contributed by atoms with van der Waals surface area (Å²) in [7, 11) is 1.63. The standard InChI is InChI=1S/C23H37N3O3/c1-3-4-15-24-16-7-5-6-8-19-29-22-13-17-26(18-14-22)23(27)25-20-9-11-21(28-2)12-10-20/h3,9-12,22,24H,1,4-8,13-19H2,2H3,(H,25,27). The maximum Gasteiger partial charge on any atom is 0.321 e. The highest BCUT2D eigenvalue weighted by Gasteiger charge is 2.23. The average molecular weight is 404 g/mol. The van der Waals surface area contributed by atoms with E-state index >= 15 is 0 Å². The van der Waals surface area contributed by atoms with Gasteiger partial charge in [-0.1, -0.05) is 18.9 Å². The molecule has 1 aromatic carbocycles. The van der Waals surface area contributed by atoms with E-state index in [-0.39, 0.29) is 12.1 Å². The number of piperidine rings is 1. The van der Waals surface area contributed by atoms with Gasteiger partial charge in [-0.3, -0.25) is 0 Å². The van der Waals surface area contributed by atoms with E-state index < -0.39 is 0 Å². The van der Waals surface area contributed by atoms with Crippen LogP contribution >= 0.6 is 0 Å². The Labute approximate surface area is 175 Å². The van der Waals surface area contributed by atoms with Crippen molar-refractivity contribution in [2.45, 2.75) is 51.0 Å². The summed E-state index contributed by atoms with van der Waals surface area (Å²) in [6.07, 6.45) is 9.87. The molecule has 0 atom stereocenters. The number of urea groups is 1. The Kier molecular flexibility index (Phi) is 11.2. The Balaban J connectivity index is 1.50. The van der Waals surface area contributed by atoms with Gasteiger partial charge in [0.1, 0.15) is 5.75 Å². The molecule has 2 rings (SSSR count). The molecule has 0 saturated carbocycles. The maximum atomic E-state index is 12.4. The van der Waals surface area contributed by atoms with Crippen molar-refractivity contribution >= 4 is 11.7 Å². The number of rotatable bonds is 13. The number of anilines is 1. The smallest absolute Gasteiger partial charge is 0.321 e. The van der Waals surface area contributed by atoms with Gasteiger partial charge >= 0.3 is 6.03 Å². The van der Waals surface area contributed by atoms with Crippen molar-refractivity contribution in [3.05, 3.63) is 36.9 Å². The number of nitrogens with one attached hydrogen (secondary N) is 2. The van der Waals surface area contributed by atoms with Crippen LogP contribution in [0.15, 0.2) is 36.9 Å². The monoisotopic (exact) mass is 403 g/mol. The number of carbonyl (C=O) groups excluding carboxylic acids is 1. The predicted molar refractivity (Wildman–Crippen MR) is 119 cm³/mol. The fourth-order valence-corrected chi connectivity index (χ4v) is 3.39. The zero-order valence-electron chi connectivity index (χ0n) is 17.8. The topological polar surface area (TPSA) is 62.8 Å². The lowest BCUT2D eigenvalue weighted by molar-refractivity contribution is 0.0141. The van der Waals surface area contributed by atoms with E-state index in [0.717, 1.165) is 69.9 Å². The van der Waals surface area contributed by atoms with E-state index in [0.29, 0.717) is 0 Å². The van der Waals surface area contributed by atoms with E-state index in [1.165, 1.54) is 19.3 Å². The van der Waals surface area contributed by atoms with Gasteiger partial charge in [0.2, 0.25) is 0 Å². The van der Waals surface area contributed by atoms with E-state index in [1.807, 2.05) is 35.2 Å². The number of amides is 2. The number of unbranched alkanes of at least 4 members (excludes halogenated alkanes) is 3. The Hall–Kier alpha value is -2.05. The average Bonchev–Trinajstić information content (AvgIpc) is 2.76. The first-order chi connectivity index (χ1) is 14.2. The Bertz CT molecular complexity index is 584. The summed E-state index contributed by atoms with van der Waals surface area (Å²) in [5, 5.41) is 6.36. The second-order valence-corrected chi connectivity index (χ2v) is 7.46. The molecule has 1 aliphatic rings. The van der Waals surface area contributed by atoms with Crippen LogP contribution in [0.4, 0.5) is 10.5 Å². The molecule has 0 aliphatic carbocycles. The number of hydrogen-bond donors (Lipinski definition) is 2. The lowest BCUT2D eigenvalue weighted by Crippen LogP contribution is -2.43.